The van der Waals surface area contributed by atoms with Gasteiger partial charge in [-0.25, -0.2) is 0 Å². The zero-order valence-corrected chi connectivity index (χ0v) is 28.8. The first kappa shape index (κ1) is 31.6. The summed E-state index contributed by atoms with van der Waals surface area (Å²) >= 11 is 0. The molecule has 0 saturated heterocycles. The Bertz CT molecular complexity index is 2270. The SMILES string of the molecule is C=S(CC)c1ccc2c3c4c(c(-c5cncc6ccccc56)c2c1)=CC=C(CC=4)C(C)c1ccc2cncc-3c2c1.CC.CCC. The Hall–Kier alpha value is -4.34. The van der Waals surface area contributed by atoms with Crippen molar-refractivity contribution in [2.24, 2.45) is 0 Å². The summed E-state index contributed by atoms with van der Waals surface area (Å²) in [6.45, 7) is 12.8. The van der Waals surface area contributed by atoms with E-state index in [1.807, 2.05) is 26.2 Å². The number of pyridine rings is 2. The van der Waals surface area contributed by atoms with Gasteiger partial charge >= 0.3 is 0 Å². The van der Waals surface area contributed by atoms with Gasteiger partial charge < -0.3 is 0 Å². The molecule has 0 aliphatic heterocycles. The molecule has 2 heterocycles. The van der Waals surface area contributed by atoms with Crippen molar-refractivity contribution in [2.75, 3.05) is 5.75 Å². The smallest absolute Gasteiger partial charge is 0.0353 e. The maximum absolute atomic E-state index is 4.75. The molecule has 0 N–H and O–H groups in total. The van der Waals surface area contributed by atoms with Gasteiger partial charge in [-0.1, -0.05) is 120 Å². The van der Waals surface area contributed by atoms with Gasteiger partial charge in [0, 0.05) is 57.5 Å². The summed E-state index contributed by atoms with van der Waals surface area (Å²) in [6.07, 6.45) is 17.5. The normalized spacial score (nSPS) is 15.1. The van der Waals surface area contributed by atoms with Crippen molar-refractivity contribution in [2.45, 2.75) is 65.2 Å². The van der Waals surface area contributed by atoms with Crippen LogP contribution in [0.25, 0.3) is 66.7 Å². The summed E-state index contributed by atoms with van der Waals surface area (Å²) in [5.74, 6) is 5.86. The van der Waals surface area contributed by atoms with E-state index in [1.165, 1.54) is 82.1 Å². The number of hydrogen-bond donors (Lipinski definition) is 0. The van der Waals surface area contributed by atoms with E-state index in [1.54, 1.807) is 0 Å². The van der Waals surface area contributed by atoms with Gasteiger partial charge in [0.05, 0.1) is 0 Å². The zero-order chi connectivity index (χ0) is 32.4. The van der Waals surface area contributed by atoms with Gasteiger partial charge in [0.15, 0.2) is 0 Å². The standard InChI is InChI=1S/C38H30N2S.C3H8.C2H6/c1-4-41(3)28-13-16-32-34(18-28)38(35-21-39-19-26-7-5-6-8-29(26)35)31-15-12-24-11-14-30(31)37(32)36-22-40-20-27-10-9-25(23(24)2)17-33(27)36;1-3-2;1-2/h5-10,12-23H,3-4,11H2,1-2H3;3H2,1-2H3;1-2H3. The largest absolute Gasteiger partial charge is 0.263 e. The van der Waals surface area contributed by atoms with Crippen molar-refractivity contribution in [1.82, 2.24) is 9.97 Å². The lowest BCUT2D eigenvalue weighted by molar-refractivity contribution is 0.875. The molecule has 0 fully saturated rings. The van der Waals surface area contributed by atoms with E-state index in [0.717, 1.165) is 17.6 Å². The van der Waals surface area contributed by atoms with Crippen LogP contribution < -0.4 is 10.4 Å². The maximum atomic E-state index is 4.75. The van der Waals surface area contributed by atoms with E-state index < -0.39 is 0 Å². The topological polar surface area (TPSA) is 25.8 Å². The third-order valence-electron chi connectivity index (χ3n) is 9.09. The molecule has 2 atom stereocenters. The van der Waals surface area contributed by atoms with Gasteiger partial charge in [-0.3, -0.25) is 9.97 Å². The fourth-order valence-corrected chi connectivity index (χ4v) is 7.68. The number of nitrogens with zero attached hydrogens (tertiary/aromatic N) is 2. The summed E-state index contributed by atoms with van der Waals surface area (Å²) in [5, 5.41) is 9.89. The second-order valence-corrected chi connectivity index (χ2v) is 13.9. The second-order valence-electron chi connectivity index (χ2n) is 11.9. The van der Waals surface area contributed by atoms with Gasteiger partial charge in [-0.2, -0.15) is 10.5 Å². The summed E-state index contributed by atoms with van der Waals surface area (Å²) in [4.78, 5) is 10.8. The molecule has 3 heteroatoms. The average molecular weight is 621 g/mol. The highest BCUT2D eigenvalue weighted by atomic mass is 32.2. The van der Waals surface area contributed by atoms with Gasteiger partial charge in [0.1, 0.15) is 0 Å². The van der Waals surface area contributed by atoms with Gasteiger partial charge in [0.2, 0.25) is 0 Å². The van der Waals surface area contributed by atoms with Crippen LogP contribution in [0.3, 0.4) is 0 Å². The fourth-order valence-electron chi connectivity index (χ4n) is 6.80. The summed E-state index contributed by atoms with van der Waals surface area (Å²) < 4.78 is 0. The number of allylic oxidation sites excluding steroid dienone is 2. The molecule has 2 aliphatic carbocycles. The van der Waals surface area contributed by atoms with Crippen molar-refractivity contribution in [3.8, 4) is 22.3 Å². The van der Waals surface area contributed by atoms with Gasteiger partial charge in [-0.05, 0) is 79.0 Å². The molecular weight excluding hydrogens is 577 g/mol. The molecule has 0 amide bonds. The molecule has 0 radical (unpaired) electrons. The van der Waals surface area contributed by atoms with Crippen molar-refractivity contribution in [1.29, 1.82) is 0 Å². The summed E-state index contributed by atoms with van der Waals surface area (Å²) in [7, 11) is -0.0768. The highest BCUT2D eigenvalue weighted by Gasteiger charge is 2.22. The molecule has 2 unspecified atom stereocenters. The molecule has 46 heavy (non-hydrogen) atoms. The Morgan fingerprint density at radius 2 is 1.39 bits per heavy atom. The Morgan fingerprint density at radius 3 is 2.13 bits per heavy atom. The number of rotatable bonds is 3. The Balaban J connectivity index is 0.000000704. The van der Waals surface area contributed by atoms with Crippen LogP contribution in [-0.4, -0.2) is 21.6 Å². The molecule has 232 valence electrons. The molecule has 4 bridgehead atoms. The predicted octanol–water partition coefficient (Wildman–Crippen LogP) is 10.8. The first-order valence-electron chi connectivity index (χ1n) is 16.8. The first-order valence-corrected chi connectivity index (χ1v) is 18.3. The Kier molecular flexibility index (Phi) is 9.33. The highest BCUT2D eigenvalue weighted by molar-refractivity contribution is 8.14. The molecule has 2 aromatic heterocycles. The minimum Gasteiger partial charge on any atom is -0.263 e. The van der Waals surface area contributed by atoms with Crippen molar-refractivity contribution >= 4 is 60.8 Å². The van der Waals surface area contributed by atoms with E-state index in [-0.39, 0.29) is 10.5 Å². The molecule has 0 saturated carbocycles. The zero-order valence-electron chi connectivity index (χ0n) is 28.0. The van der Waals surface area contributed by atoms with Crippen LogP contribution in [0.15, 0.2) is 102 Å². The number of fused-ring (bicyclic) bond motifs is 7. The van der Waals surface area contributed by atoms with Crippen LogP contribution in [0.4, 0.5) is 0 Å². The van der Waals surface area contributed by atoms with Crippen molar-refractivity contribution < 1.29 is 0 Å². The number of aromatic nitrogens is 2. The van der Waals surface area contributed by atoms with Gasteiger partial charge in [-0.15, -0.1) is 0 Å². The second kappa shape index (κ2) is 13.6. The van der Waals surface area contributed by atoms with Crippen LogP contribution in [-0.2, 0) is 0 Å². The molecule has 2 nitrogen and oxygen atoms in total. The molecule has 4 aromatic carbocycles. The summed E-state index contributed by atoms with van der Waals surface area (Å²) in [6, 6.07) is 22.6. The monoisotopic (exact) mass is 620 g/mol. The molecule has 0 spiro atoms. The van der Waals surface area contributed by atoms with Gasteiger partial charge in [0.25, 0.3) is 0 Å². The van der Waals surface area contributed by atoms with Crippen LogP contribution in [0.5, 0.6) is 0 Å². The van der Waals surface area contributed by atoms with E-state index in [2.05, 4.69) is 125 Å². The lowest BCUT2D eigenvalue weighted by atomic mass is 9.84. The van der Waals surface area contributed by atoms with E-state index in [4.69, 9.17) is 9.97 Å². The molecular formula is C43H44N2S. The number of benzene rings is 4. The quantitative estimate of drug-likeness (QED) is 0.184. The van der Waals surface area contributed by atoms with E-state index in [0.29, 0.717) is 5.92 Å². The van der Waals surface area contributed by atoms with Crippen molar-refractivity contribution in [3.63, 3.8) is 0 Å². The lowest BCUT2D eigenvalue weighted by Gasteiger charge is -2.20. The van der Waals surface area contributed by atoms with Crippen molar-refractivity contribution in [3.05, 3.63) is 113 Å². The van der Waals surface area contributed by atoms with Crippen LogP contribution in [0.2, 0.25) is 0 Å². The Morgan fingerprint density at radius 1 is 0.717 bits per heavy atom. The fraction of sp³-hybridized carbons (Fsp3) is 0.233. The minimum absolute atomic E-state index is 0.0768. The van der Waals surface area contributed by atoms with E-state index in [9.17, 15) is 0 Å². The third kappa shape index (κ3) is 5.41. The minimum atomic E-state index is -0.0768. The Labute approximate surface area is 276 Å². The molecule has 6 aromatic rings. The third-order valence-corrected chi connectivity index (χ3v) is 10.7. The average Bonchev–Trinajstić information content (AvgIpc) is 3.33. The first-order chi connectivity index (χ1) is 22.5. The van der Waals surface area contributed by atoms with E-state index >= 15 is 0 Å². The molecule has 2 aliphatic rings. The lowest BCUT2D eigenvalue weighted by Crippen LogP contribution is -2.29. The highest BCUT2D eigenvalue weighted by Crippen LogP contribution is 2.41. The maximum Gasteiger partial charge on any atom is 0.0353 e. The van der Waals surface area contributed by atoms with Crippen LogP contribution >= 0.6 is 10.5 Å². The molecule has 8 rings (SSSR count). The predicted molar refractivity (Wildman–Crippen MR) is 206 cm³/mol. The number of hydrogen-bond acceptors (Lipinski definition) is 2. The van der Waals surface area contributed by atoms with Crippen LogP contribution in [0.1, 0.15) is 65.9 Å². The van der Waals surface area contributed by atoms with Crippen LogP contribution in [0, 0.1) is 0 Å². The summed E-state index contributed by atoms with van der Waals surface area (Å²) in [5.41, 5.74) is 7.69.